The van der Waals surface area contributed by atoms with Crippen molar-refractivity contribution >= 4 is 47.2 Å². The molecule has 0 aliphatic rings. The molecule has 2 aromatic rings. The number of fused-ring (bicyclic) bond motifs is 1. The Hall–Kier alpha value is -3.09. The van der Waals surface area contributed by atoms with Crippen LogP contribution in [-0.4, -0.2) is 74.9 Å². The maximum absolute atomic E-state index is 13.4. The number of rotatable bonds is 13. The monoisotopic (exact) mass is 521 g/mol. The summed E-state index contributed by atoms with van der Waals surface area (Å²) in [6.45, 7) is 4.79. The second-order valence-electron chi connectivity index (χ2n) is 8.85. The fourth-order valence-corrected chi connectivity index (χ4v) is 3.84. The van der Waals surface area contributed by atoms with Crippen molar-refractivity contribution in [3.05, 3.63) is 36.0 Å². The van der Waals surface area contributed by atoms with E-state index in [2.05, 4.69) is 33.6 Å². The highest BCUT2D eigenvalue weighted by Gasteiger charge is 2.34. The minimum Gasteiger partial charge on any atom is -0.480 e. The van der Waals surface area contributed by atoms with Crippen LogP contribution in [0.3, 0.4) is 0 Å². The van der Waals surface area contributed by atoms with Gasteiger partial charge in [-0.25, -0.2) is 4.79 Å². The lowest BCUT2D eigenvalue weighted by atomic mass is 9.96. The number of aromatic amines is 1. The average Bonchev–Trinajstić information content (AvgIpc) is 3.26. The van der Waals surface area contributed by atoms with Crippen LogP contribution in [0.4, 0.5) is 0 Å². The second-order valence-corrected chi connectivity index (χ2v) is 9.22. The summed E-state index contributed by atoms with van der Waals surface area (Å²) in [6.07, 6.45) is 1.00. The summed E-state index contributed by atoms with van der Waals surface area (Å²) in [5.41, 5.74) is 7.42. The lowest BCUT2D eigenvalue weighted by molar-refractivity contribution is -0.145. The average molecular weight is 522 g/mol. The van der Waals surface area contributed by atoms with Gasteiger partial charge in [-0.3, -0.25) is 14.4 Å². The first-order valence-corrected chi connectivity index (χ1v) is 12.4. The summed E-state index contributed by atoms with van der Waals surface area (Å²) in [5, 5.41) is 27.5. The minimum atomic E-state index is -1.55. The molecule has 1 aromatic heterocycles. The number of nitrogens with two attached hydrogens (primary N) is 1. The first-order valence-electron chi connectivity index (χ1n) is 11.7. The molecule has 11 nitrogen and oxygen atoms in total. The van der Waals surface area contributed by atoms with Crippen LogP contribution in [0.1, 0.15) is 32.8 Å². The van der Waals surface area contributed by atoms with E-state index in [1.54, 1.807) is 13.1 Å². The van der Waals surface area contributed by atoms with Crippen LogP contribution in [0, 0.1) is 5.92 Å². The Morgan fingerprint density at radius 3 is 2.25 bits per heavy atom. The summed E-state index contributed by atoms with van der Waals surface area (Å²) in [7, 11) is 0. The fourth-order valence-electron chi connectivity index (χ4n) is 3.68. The van der Waals surface area contributed by atoms with Crippen molar-refractivity contribution in [1.29, 1.82) is 0 Å². The van der Waals surface area contributed by atoms with Gasteiger partial charge in [-0.2, -0.15) is 12.6 Å². The standard InChI is InChI=1S/C24H35N5O6S/c1-4-12(2)19(23(33)29-20(13(3)30)24(34)35)28-22(32)18(27-21(31)16(25)11-36)9-14-10-26-17-8-6-5-7-15(14)17/h5-8,10,12-13,16,18-20,26,30,36H,4,9,11,25H2,1-3H3,(H,27,31)(H,28,32)(H,29,33)(H,34,35). The highest BCUT2D eigenvalue weighted by Crippen LogP contribution is 2.19. The van der Waals surface area contributed by atoms with E-state index in [-0.39, 0.29) is 18.1 Å². The number of nitrogens with one attached hydrogen (secondary N) is 4. The zero-order valence-corrected chi connectivity index (χ0v) is 21.4. The van der Waals surface area contributed by atoms with Gasteiger partial charge in [-0.1, -0.05) is 38.5 Å². The topological polar surface area (TPSA) is 187 Å². The number of para-hydroxylation sites is 1. The first-order chi connectivity index (χ1) is 17.0. The van der Waals surface area contributed by atoms with Crippen molar-refractivity contribution in [2.45, 2.75) is 63.9 Å². The van der Waals surface area contributed by atoms with Crippen molar-refractivity contribution in [2.24, 2.45) is 11.7 Å². The number of aliphatic carboxylic acids is 1. The number of thiol groups is 1. The molecule has 36 heavy (non-hydrogen) atoms. The number of carbonyl (C=O) groups is 4. The number of aliphatic hydroxyl groups is 1. The zero-order valence-electron chi connectivity index (χ0n) is 20.5. The van der Waals surface area contributed by atoms with Crippen LogP contribution < -0.4 is 21.7 Å². The van der Waals surface area contributed by atoms with Crippen molar-refractivity contribution in [3.8, 4) is 0 Å². The second kappa shape index (κ2) is 13.3. The maximum Gasteiger partial charge on any atom is 0.328 e. The molecule has 0 saturated heterocycles. The Labute approximate surface area is 215 Å². The number of hydrogen-bond acceptors (Lipinski definition) is 7. The van der Waals surface area contributed by atoms with Gasteiger partial charge >= 0.3 is 5.97 Å². The van der Waals surface area contributed by atoms with E-state index in [0.717, 1.165) is 16.5 Å². The van der Waals surface area contributed by atoms with Crippen LogP contribution in [0.2, 0.25) is 0 Å². The first kappa shape index (κ1) is 29.1. The molecule has 3 amide bonds. The SMILES string of the molecule is CCC(C)C(NC(=O)C(Cc1c[nH]c2ccccc12)NC(=O)C(N)CS)C(=O)NC(C(=O)O)C(C)O. The number of benzene rings is 1. The summed E-state index contributed by atoms with van der Waals surface area (Å²) >= 11 is 4.04. The molecule has 0 fully saturated rings. The number of carbonyl (C=O) groups excluding carboxylic acids is 3. The van der Waals surface area contributed by atoms with E-state index in [1.807, 2.05) is 31.2 Å². The molecule has 0 aliphatic carbocycles. The summed E-state index contributed by atoms with van der Waals surface area (Å²) < 4.78 is 0. The summed E-state index contributed by atoms with van der Waals surface area (Å²) in [4.78, 5) is 53.5. The number of aromatic nitrogens is 1. The Kier molecular flexibility index (Phi) is 10.8. The Morgan fingerprint density at radius 1 is 1.03 bits per heavy atom. The highest BCUT2D eigenvalue weighted by molar-refractivity contribution is 7.80. The van der Waals surface area contributed by atoms with Crippen LogP contribution in [0.5, 0.6) is 0 Å². The molecule has 6 atom stereocenters. The maximum atomic E-state index is 13.4. The molecule has 0 radical (unpaired) electrons. The molecule has 0 aliphatic heterocycles. The van der Waals surface area contributed by atoms with Crippen LogP contribution in [0.15, 0.2) is 30.5 Å². The number of aliphatic hydroxyl groups excluding tert-OH is 1. The molecule has 0 bridgehead atoms. The summed E-state index contributed by atoms with van der Waals surface area (Å²) in [5.74, 6) is -3.67. The van der Waals surface area contributed by atoms with E-state index in [0.29, 0.717) is 6.42 Å². The lowest BCUT2D eigenvalue weighted by Crippen LogP contribution is -2.60. The third kappa shape index (κ3) is 7.45. The Bertz CT molecular complexity index is 1070. The van der Waals surface area contributed by atoms with Gasteiger partial charge < -0.3 is 36.9 Å². The number of carboxylic acid groups (broad SMARTS) is 1. The van der Waals surface area contributed by atoms with Gasteiger partial charge in [-0.15, -0.1) is 0 Å². The molecular formula is C24H35N5O6S. The van der Waals surface area contributed by atoms with Gasteiger partial charge in [0.05, 0.1) is 12.1 Å². The van der Waals surface area contributed by atoms with E-state index in [9.17, 15) is 29.4 Å². The number of amides is 3. The molecule has 6 unspecified atom stereocenters. The molecule has 0 saturated carbocycles. The predicted octanol–water partition coefficient (Wildman–Crippen LogP) is -0.0666. The highest BCUT2D eigenvalue weighted by atomic mass is 32.1. The van der Waals surface area contributed by atoms with Crippen molar-refractivity contribution < 1.29 is 29.4 Å². The van der Waals surface area contributed by atoms with E-state index in [1.165, 1.54) is 6.92 Å². The molecule has 1 heterocycles. The molecule has 1 aromatic carbocycles. The largest absolute Gasteiger partial charge is 0.480 e. The predicted molar refractivity (Wildman–Crippen MR) is 138 cm³/mol. The Balaban J connectivity index is 2.31. The molecule has 12 heteroatoms. The van der Waals surface area contributed by atoms with E-state index < -0.39 is 54.0 Å². The third-order valence-corrected chi connectivity index (χ3v) is 6.50. The van der Waals surface area contributed by atoms with Crippen LogP contribution in [0.25, 0.3) is 10.9 Å². The molecule has 8 N–H and O–H groups in total. The smallest absolute Gasteiger partial charge is 0.328 e. The number of carboxylic acids is 1. The Morgan fingerprint density at radius 2 is 1.67 bits per heavy atom. The van der Waals surface area contributed by atoms with Crippen molar-refractivity contribution in [2.75, 3.05) is 5.75 Å². The van der Waals surface area contributed by atoms with Gasteiger partial charge in [0.25, 0.3) is 0 Å². The molecule has 198 valence electrons. The van der Waals surface area contributed by atoms with Gasteiger partial charge in [0, 0.05) is 29.3 Å². The molecular weight excluding hydrogens is 486 g/mol. The summed E-state index contributed by atoms with van der Waals surface area (Å²) in [6, 6.07) is 2.82. The van der Waals surface area contributed by atoms with Gasteiger partial charge in [0.2, 0.25) is 17.7 Å². The van der Waals surface area contributed by atoms with Crippen LogP contribution >= 0.6 is 12.6 Å². The van der Waals surface area contributed by atoms with E-state index in [4.69, 9.17) is 5.73 Å². The molecule has 0 spiro atoms. The van der Waals surface area contributed by atoms with Gasteiger partial charge in [0.15, 0.2) is 6.04 Å². The third-order valence-electron chi connectivity index (χ3n) is 6.10. The van der Waals surface area contributed by atoms with E-state index >= 15 is 0 Å². The fraction of sp³-hybridized carbons (Fsp3) is 0.500. The van der Waals surface area contributed by atoms with Crippen molar-refractivity contribution in [1.82, 2.24) is 20.9 Å². The number of H-pyrrole nitrogens is 1. The number of hydrogen-bond donors (Lipinski definition) is 8. The zero-order chi connectivity index (χ0) is 27.0. The molecule has 2 rings (SSSR count). The van der Waals surface area contributed by atoms with Gasteiger partial charge in [0.1, 0.15) is 12.1 Å². The minimum absolute atomic E-state index is 0.0705. The lowest BCUT2D eigenvalue weighted by Gasteiger charge is -2.28. The van der Waals surface area contributed by atoms with Gasteiger partial charge in [-0.05, 0) is 24.5 Å². The van der Waals surface area contributed by atoms with Crippen LogP contribution in [-0.2, 0) is 25.6 Å². The quantitative estimate of drug-likeness (QED) is 0.169. The normalized spacial score (nSPS) is 16.3. The van der Waals surface area contributed by atoms with Crippen molar-refractivity contribution in [3.63, 3.8) is 0 Å².